The molecule has 1 aromatic rings. The highest BCUT2D eigenvalue weighted by Crippen LogP contribution is 2.21. The number of amides is 2. The Morgan fingerprint density at radius 1 is 1.38 bits per heavy atom. The van der Waals surface area contributed by atoms with E-state index in [2.05, 4.69) is 21.2 Å². The normalized spacial score (nSPS) is 17.7. The van der Waals surface area contributed by atoms with E-state index < -0.39 is 29.9 Å². The van der Waals surface area contributed by atoms with Crippen molar-refractivity contribution in [1.29, 1.82) is 5.26 Å². The standard InChI is InChI=1S/C18H20BrN3O4/c1-10(2)15(17(24)22-7-3-4-14(22)18(25)26)21-16(23)11-5-6-13(19)12(8-11)9-20/h5-6,8,10,14-15H,3-4,7H2,1-2H3,(H,21,23)(H,25,26)/t14-,15?/m0/s1. The maximum absolute atomic E-state index is 12.8. The molecule has 0 aromatic heterocycles. The first kappa shape index (κ1) is 19.9. The zero-order valence-corrected chi connectivity index (χ0v) is 16.1. The summed E-state index contributed by atoms with van der Waals surface area (Å²) < 4.78 is 0.578. The maximum atomic E-state index is 12.8. The number of halogens is 1. The fraction of sp³-hybridized carbons (Fsp3) is 0.444. The van der Waals surface area contributed by atoms with Crippen LogP contribution in [0.3, 0.4) is 0 Å². The maximum Gasteiger partial charge on any atom is 0.326 e. The van der Waals surface area contributed by atoms with E-state index >= 15 is 0 Å². The van der Waals surface area contributed by atoms with Crippen LogP contribution in [0.1, 0.15) is 42.6 Å². The van der Waals surface area contributed by atoms with Crippen molar-refractivity contribution >= 4 is 33.7 Å². The van der Waals surface area contributed by atoms with Gasteiger partial charge < -0.3 is 15.3 Å². The van der Waals surface area contributed by atoms with Gasteiger partial charge in [0.2, 0.25) is 5.91 Å². The number of likely N-dealkylation sites (tertiary alicyclic amines) is 1. The lowest BCUT2D eigenvalue weighted by molar-refractivity contribution is -0.149. The molecule has 26 heavy (non-hydrogen) atoms. The zero-order chi connectivity index (χ0) is 19.4. The lowest BCUT2D eigenvalue weighted by Crippen LogP contribution is -2.53. The van der Waals surface area contributed by atoms with Crippen molar-refractivity contribution < 1.29 is 19.5 Å². The van der Waals surface area contributed by atoms with E-state index in [1.165, 1.54) is 11.0 Å². The Hall–Kier alpha value is -2.40. The Kier molecular flexibility index (Phi) is 6.37. The molecule has 1 saturated heterocycles. The summed E-state index contributed by atoms with van der Waals surface area (Å²) in [7, 11) is 0. The molecule has 1 aromatic carbocycles. The minimum absolute atomic E-state index is 0.215. The van der Waals surface area contributed by atoms with Crippen LogP contribution in [0.2, 0.25) is 0 Å². The molecule has 2 atom stereocenters. The molecule has 0 aliphatic carbocycles. The molecule has 2 rings (SSSR count). The molecule has 1 aliphatic heterocycles. The zero-order valence-electron chi connectivity index (χ0n) is 14.5. The molecule has 1 heterocycles. The number of carbonyl (C=O) groups excluding carboxylic acids is 2. The summed E-state index contributed by atoms with van der Waals surface area (Å²) in [6.45, 7) is 3.94. The molecule has 0 bridgehead atoms. The lowest BCUT2D eigenvalue weighted by atomic mass is 10.0. The molecule has 0 spiro atoms. The number of hydrogen-bond acceptors (Lipinski definition) is 4. The molecule has 1 unspecified atom stereocenters. The minimum atomic E-state index is -1.03. The second-order valence-electron chi connectivity index (χ2n) is 6.53. The van der Waals surface area contributed by atoms with Crippen molar-refractivity contribution in [3.8, 4) is 6.07 Å². The third kappa shape index (κ3) is 4.22. The van der Waals surface area contributed by atoms with Gasteiger partial charge in [0.1, 0.15) is 18.2 Å². The van der Waals surface area contributed by atoms with Crippen LogP contribution in [-0.2, 0) is 9.59 Å². The number of carboxylic acid groups (broad SMARTS) is 1. The molecular weight excluding hydrogens is 402 g/mol. The number of nitrogens with zero attached hydrogens (tertiary/aromatic N) is 2. The minimum Gasteiger partial charge on any atom is -0.480 e. The Morgan fingerprint density at radius 2 is 2.08 bits per heavy atom. The second kappa shape index (κ2) is 8.32. The van der Waals surface area contributed by atoms with Crippen LogP contribution in [0.25, 0.3) is 0 Å². The van der Waals surface area contributed by atoms with Crippen molar-refractivity contribution in [2.24, 2.45) is 5.92 Å². The van der Waals surface area contributed by atoms with Gasteiger partial charge in [0.15, 0.2) is 0 Å². The number of nitriles is 1. The summed E-state index contributed by atoms with van der Waals surface area (Å²) in [6, 6.07) is 4.89. The lowest BCUT2D eigenvalue weighted by Gasteiger charge is -2.29. The number of rotatable bonds is 5. The summed E-state index contributed by atoms with van der Waals surface area (Å²) >= 11 is 3.23. The smallest absolute Gasteiger partial charge is 0.326 e. The Bertz CT molecular complexity index is 772. The van der Waals surface area contributed by atoms with Gasteiger partial charge in [0.05, 0.1) is 5.56 Å². The van der Waals surface area contributed by atoms with E-state index in [0.29, 0.717) is 29.4 Å². The fourth-order valence-corrected chi connectivity index (χ4v) is 3.29. The van der Waals surface area contributed by atoms with Crippen LogP contribution in [-0.4, -0.2) is 46.4 Å². The van der Waals surface area contributed by atoms with Crippen molar-refractivity contribution in [3.05, 3.63) is 33.8 Å². The van der Waals surface area contributed by atoms with Gasteiger partial charge in [-0.25, -0.2) is 4.79 Å². The van der Waals surface area contributed by atoms with Crippen molar-refractivity contribution in [3.63, 3.8) is 0 Å². The number of benzene rings is 1. The number of nitrogens with one attached hydrogen (secondary N) is 1. The molecule has 1 fully saturated rings. The van der Waals surface area contributed by atoms with Crippen LogP contribution in [0, 0.1) is 17.2 Å². The fourth-order valence-electron chi connectivity index (χ4n) is 2.96. The molecule has 0 radical (unpaired) electrons. The van der Waals surface area contributed by atoms with E-state index in [4.69, 9.17) is 5.26 Å². The molecular formula is C18H20BrN3O4. The molecule has 138 valence electrons. The Balaban J connectivity index is 2.20. The summed E-state index contributed by atoms with van der Waals surface area (Å²) in [4.78, 5) is 38.1. The summed E-state index contributed by atoms with van der Waals surface area (Å²) in [5.74, 6) is -2.12. The van der Waals surface area contributed by atoms with Gasteiger partial charge >= 0.3 is 5.97 Å². The second-order valence-corrected chi connectivity index (χ2v) is 7.38. The first-order chi connectivity index (χ1) is 12.3. The van der Waals surface area contributed by atoms with Crippen molar-refractivity contribution in [2.45, 2.75) is 38.8 Å². The third-order valence-electron chi connectivity index (χ3n) is 4.39. The number of carbonyl (C=O) groups is 3. The average Bonchev–Trinajstić information content (AvgIpc) is 3.09. The molecule has 8 heteroatoms. The SMILES string of the molecule is CC(C)C(NC(=O)c1ccc(Br)c(C#N)c1)C(=O)N1CCC[C@H]1C(=O)O. The van der Waals surface area contributed by atoms with E-state index in [9.17, 15) is 19.5 Å². The first-order valence-corrected chi connectivity index (χ1v) is 9.09. The van der Waals surface area contributed by atoms with Gasteiger partial charge in [-0.05, 0) is 52.9 Å². The van der Waals surface area contributed by atoms with Crippen molar-refractivity contribution in [1.82, 2.24) is 10.2 Å². The monoisotopic (exact) mass is 421 g/mol. The third-order valence-corrected chi connectivity index (χ3v) is 5.08. The Labute approximate surface area is 160 Å². The van der Waals surface area contributed by atoms with Crippen LogP contribution >= 0.6 is 15.9 Å². The number of hydrogen-bond donors (Lipinski definition) is 2. The van der Waals surface area contributed by atoms with Gasteiger partial charge in [0.25, 0.3) is 5.91 Å². The van der Waals surface area contributed by atoms with Gasteiger partial charge in [-0.1, -0.05) is 13.8 Å². The molecule has 0 saturated carbocycles. The van der Waals surface area contributed by atoms with Crippen LogP contribution < -0.4 is 5.32 Å². The quantitative estimate of drug-likeness (QED) is 0.756. The van der Waals surface area contributed by atoms with Crippen LogP contribution in [0.15, 0.2) is 22.7 Å². The molecule has 2 amide bonds. The van der Waals surface area contributed by atoms with Gasteiger partial charge in [-0.3, -0.25) is 9.59 Å². The predicted molar refractivity (Wildman–Crippen MR) is 97.3 cm³/mol. The van der Waals surface area contributed by atoms with E-state index in [0.717, 1.165) is 0 Å². The number of carboxylic acids is 1. The van der Waals surface area contributed by atoms with Crippen LogP contribution in [0.4, 0.5) is 0 Å². The average molecular weight is 422 g/mol. The van der Waals surface area contributed by atoms with Crippen molar-refractivity contribution in [2.75, 3.05) is 6.54 Å². The van der Waals surface area contributed by atoms with Gasteiger partial charge in [-0.2, -0.15) is 5.26 Å². The van der Waals surface area contributed by atoms with Gasteiger partial charge in [-0.15, -0.1) is 0 Å². The molecule has 2 N–H and O–H groups in total. The highest BCUT2D eigenvalue weighted by atomic mass is 79.9. The topological polar surface area (TPSA) is 111 Å². The first-order valence-electron chi connectivity index (χ1n) is 8.30. The van der Waals surface area contributed by atoms with E-state index in [1.54, 1.807) is 26.0 Å². The molecule has 1 aliphatic rings. The highest BCUT2D eigenvalue weighted by Gasteiger charge is 2.38. The summed E-state index contributed by atoms with van der Waals surface area (Å²) in [6.07, 6.45) is 1.04. The summed E-state index contributed by atoms with van der Waals surface area (Å²) in [5.41, 5.74) is 0.579. The van der Waals surface area contributed by atoms with E-state index in [-0.39, 0.29) is 11.5 Å². The van der Waals surface area contributed by atoms with Gasteiger partial charge in [0, 0.05) is 16.6 Å². The van der Waals surface area contributed by atoms with Crippen LogP contribution in [0.5, 0.6) is 0 Å². The number of aliphatic carboxylic acids is 1. The largest absolute Gasteiger partial charge is 0.480 e. The highest BCUT2D eigenvalue weighted by molar-refractivity contribution is 9.10. The predicted octanol–water partition coefficient (Wildman–Crippen LogP) is 2.15. The van der Waals surface area contributed by atoms with E-state index in [1.807, 2.05) is 6.07 Å². The molecule has 7 nitrogen and oxygen atoms in total. The Morgan fingerprint density at radius 3 is 2.65 bits per heavy atom. The summed E-state index contributed by atoms with van der Waals surface area (Å²) in [5, 5.41) is 21.1.